The summed E-state index contributed by atoms with van der Waals surface area (Å²) in [6.07, 6.45) is 5.32. The van der Waals surface area contributed by atoms with E-state index in [1.54, 1.807) is 27.3 Å². The Labute approximate surface area is 387 Å². The summed E-state index contributed by atoms with van der Waals surface area (Å²) < 4.78 is 99.6. The van der Waals surface area contributed by atoms with Gasteiger partial charge in [0.2, 0.25) is 0 Å². The van der Waals surface area contributed by atoms with E-state index in [0.29, 0.717) is 28.2 Å². The number of nitrogens with zero attached hydrogens (tertiary/aromatic N) is 4. The standard InChI is InChI=1S/C59H46N4O/c1-40-17-11-12-24-48(40)43-29-31-51-52-32-30-47(38-56(52)63(55(51)35-43)57-36-44(33-34-60-57)59(2,3)4)64-46-23-15-22-45(37-46)61-39-62(54-28-14-13-27-53(54)61)58-49(41-18-7-5-8-19-41)25-16-26-50(58)42-20-9-6-10-21-42/h5-38H,1-4H3/i5D,6D,7D,8D,9D,10D,18D,19D,20D,21D. The molecule has 3 aromatic heterocycles. The number of rotatable bonds is 8. The first-order valence-electron chi connectivity index (χ1n) is 26.0. The summed E-state index contributed by atoms with van der Waals surface area (Å²) in [7, 11) is 0. The van der Waals surface area contributed by atoms with Gasteiger partial charge >= 0.3 is 0 Å². The Morgan fingerprint density at radius 1 is 0.578 bits per heavy atom. The zero-order valence-corrected chi connectivity index (χ0v) is 35.6. The van der Waals surface area contributed by atoms with E-state index >= 15 is 0 Å². The van der Waals surface area contributed by atoms with Gasteiger partial charge in [-0.25, -0.2) is 4.98 Å². The Balaban J connectivity index is 1.08. The second-order valence-corrected chi connectivity index (χ2v) is 16.8. The molecule has 0 aliphatic heterocycles. The molecular weight excluding hydrogens is 781 g/mol. The largest absolute Gasteiger partial charge is 0.458 e. The van der Waals surface area contributed by atoms with Crippen LogP contribution in [0.15, 0.2) is 206 Å². The van der Waals surface area contributed by atoms with Gasteiger partial charge in [-0.15, -0.1) is 0 Å². The maximum atomic E-state index is 9.04. The minimum Gasteiger partial charge on any atom is -0.458 e. The lowest BCUT2D eigenvalue weighted by atomic mass is 9.88. The molecule has 8 aromatic carbocycles. The van der Waals surface area contributed by atoms with Crippen LogP contribution < -0.4 is 9.30 Å². The van der Waals surface area contributed by atoms with Crippen molar-refractivity contribution in [3.8, 4) is 62.1 Å². The molecule has 0 amide bonds. The maximum absolute atomic E-state index is 9.04. The third-order valence-corrected chi connectivity index (χ3v) is 11.7. The highest BCUT2D eigenvalue weighted by molar-refractivity contribution is 6.10. The summed E-state index contributed by atoms with van der Waals surface area (Å²) in [6, 6.07) is 39.6. The Kier molecular flexibility index (Phi) is 7.20. The van der Waals surface area contributed by atoms with E-state index < -0.39 is 60.4 Å². The first-order chi connectivity index (χ1) is 35.4. The molecule has 308 valence electrons. The van der Waals surface area contributed by atoms with Gasteiger partial charge in [-0.3, -0.25) is 13.7 Å². The molecule has 11 aromatic rings. The van der Waals surface area contributed by atoms with Crippen LogP contribution in [0.25, 0.3) is 83.4 Å². The van der Waals surface area contributed by atoms with Crippen molar-refractivity contribution in [1.29, 1.82) is 0 Å². The van der Waals surface area contributed by atoms with E-state index in [1.165, 1.54) is 5.56 Å². The monoisotopic (exact) mass is 836 g/mol. The Morgan fingerprint density at radius 3 is 1.95 bits per heavy atom. The van der Waals surface area contributed by atoms with Gasteiger partial charge in [0.25, 0.3) is 6.33 Å². The fraction of sp³-hybridized carbons (Fsp3) is 0.0847. The molecule has 0 aliphatic carbocycles. The molecule has 0 fully saturated rings. The zero-order valence-electron chi connectivity index (χ0n) is 45.6. The minimum atomic E-state index is -0.567. The number of aryl methyl sites for hydroxylation is 1. The highest BCUT2D eigenvalue weighted by Gasteiger charge is 2.22. The Morgan fingerprint density at radius 2 is 1.22 bits per heavy atom. The molecule has 5 heteroatoms. The van der Waals surface area contributed by atoms with Crippen molar-refractivity contribution in [3.05, 3.63) is 224 Å². The van der Waals surface area contributed by atoms with Crippen molar-refractivity contribution < 1.29 is 23.0 Å². The second kappa shape index (κ2) is 15.7. The molecule has 0 saturated carbocycles. The quantitative estimate of drug-likeness (QED) is 0.113. The number of imidazole rings is 1. The van der Waals surface area contributed by atoms with E-state index in [2.05, 4.69) is 93.2 Å². The molecule has 0 aliphatic rings. The van der Waals surface area contributed by atoms with Gasteiger partial charge in [0, 0.05) is 23.0 Å². The van der Waals surface area contributed by atoms with Gasteiger partial charge in [-0.2, -0.15) is 0 Å². The number of hydrogen-bond acceptors (Lipinski definition) is 2. The van der Waals surface area contributed by atoms with E-state index in [-0.39, 0.29) is 33.4 Å². The Hall–Kier alpha value is -8.02. The van der Waals surface area contributed by atoms with Crippen molar-refractivity contribution in [2.24, 2.45) is 0 Å². The molecule has 0 bridgehead atoms. The summed E-state index contributed by atoms with van der Waals surface area (Å²) >= 11 is 0. The van der Waals surface area contributed by atoms with Crippen molar-refractivity contribution in [3.63, 3.8) is 0 Å². The second-order valence-electron chi connectivity index (χ2n) is 16.8. The van der Waals surface area contributed by atoms with E-state index in [0.717, 1.165) is 44.3 Å². The first kappa shape index (κ1) is 29.3. The third-order valence-electron chi connectivity index (χ3n) is 11.7. The number of benzene rings is 8. The van der Waals surface area contributed by atoms with Crippen LogP contribution in [0.2, 0.25) is 0 Å². The molecule has 0 saturated heterocycles. The van der Waals surface area contributed by atoms with E-state index in [1.807, 2.05) is 72.9 Å². The smallest absolute Gasteiger partial charge is 0.269 e. The van der Waals surface area contributed by atoms with E-state index in [9.17, 15) is 0 Å². The summed E-state index contributed by atoms with van der Waals surface area (Å²) in [5, 5.41) is 2.10. The van der Waals surface area contributed by atoms with Crippen LogP contribution in [0.3, 0.4) is 0 Å². The molecule has 0 radical (unpaired) electrons. The van der Waals surface area contributed by atoms with Crippen LogP contribution in [-0.2, 0) is 5.41 Å². The molecule has 0 spiro atoms. The SMILES string of the molecule is [2H]c1c([2H])c([2H])c(-c2cccc(-c3c([2H])c([2H])c([2H])c([2H])c3[2H])c2-[n+]2[c-]n(-c3cccc(Oc4ccc5c6ccc(-c7ccccc7C)cc6n(-c6cc(C(C)(C)C)ccn6)c5c4)c3)c3ccccc32)c([2H])c1[2H]. The molecule has 3 heterocycles. The minimum absolute atomic E-state index is 0.121. The van der Waals surface area contributed by atoms with Crippen LogP contribution in [0, 0.1) is 13.3 Å². The molecule has 64 heavy (non-hydrogen) atoms. The number of para-hydroxylation sites is 3. The predicted octanol–water partition coefficient (Wildman–Crippen LogP) is 14.6. The van der Waals surface area contributed by atoms with Gasteiger partial charge < -0.3 is 4.74 Å². The highest BCUT2D eigenvalue weighted by atomic mass is 16.5. The van der Waals surface area contributed by atoms with Crippen LogP contribution in [0.4, 0.5) is 0 Å². The summed E-state index contributed by atoms with van der Waals surface area (Å²) in [5.74, 6) is 1.87. The summed E-state index contributed by atoms with van der Waals surface area (Å²) in [5.41, 5.74) is 8.44. The molecular formula is C59H46N4O. The van der Waals surface area contributed by atoms with Crippen LogP contribution in [0.5, 0.6) is 11.5 Å². The van der Waals surface area contributed by atoms with Crippen LogP contribution >= 0.6 is 0 Å². The molecule has 11 rings (SSSR count). The maximum Gasteiger partial charge on any atom is 0.269 e. The van der Waals surface area contributed by atoms with Gasteiger partial charge in [0.15, 0.2) is 0 Å². The zero-order chi connectivity index (χ0) is 52.1. The lowest BCUT2D eigenvalue weighted by Gasteiger charge is -2.20. The lowest BCUT2D eigenvalue weighted by Crippen LogP contribution is -2.31. The topological polar surface area (TPSA) is 35.9 Å². The predicted molar refractivity (Wildman–Crippen MR) is 262 cm³/mol. The third kappa shape index (κ3) is 6.92. The average molecular weight is 837 g/mol. The van der Waals surface area contributed by atoms with Gasteiger partial charge in [0.1, 0.15) is 17.3 Å². The highest BCUT2D eigenvalue weighted by Crippen LogP contribution is 2.39. The molecule has 0 unspecified atom stereocenters. The van der Waals surface area contributed by atoms with Crippen LogP contribution in [0.1, 0.15) is 45.6 Å². The molecule has 5 nitrogen and oxygen atoms in total. The fourth-order valence-electron chi connectivity index (χ4n) is 8.58. The van der Waals surface area contributed by atoms with Crippen molar-refractivity contribution in [1.82, 2.24) is 14.1 Å². The summed E-state index contributed by atoms with van der Waals surface area (Å²) in [4.78, 5) is 4.94. The first-order valence-corrected chi connectivity index (χ1v) is 21.0. The van der Waals surface area contributed by atoms with Gasteiger partial charge in [0.05, 0.1) is 47.1 Å². The molecule has 0 atom stereocenters. The van der Waals surface area contributed by atoms with Crippen molar-refractivity contribution >= 4 is 32.8 Å². The number of ether oxygens (including phenoxy) is 1. The Bertz CT molecular complexity index is 3990. The van der Waals surface area contributed by atoms with Crippen molar-refractivity contribution in [2.75, 3.05) is 0 Å². The molecule has 0 N–H and O–H groups in total. The van der Waals surface area contributed by atoms with Gasteiger partial charge in [-0.1, -0.05) is 166 Å². The normalized spacial score (nSPS) is 13.9. The van der Waals surface area contributed by atoms with E-state index in [4.69, 9.17) is 23.4 Å². The number of hydrogen-bond donors (Lipinski definition) is 0. The average Bonchev–Trinajstić information content (AvgIpc) is 3.94. The summed E-state index contributed by atoms with van der Waals surface area (Å²) in [6.45, 7) is 8.68. The number of fused-ring (bicyclic) bond motifs is 4. The van der Waals surface area contributed by atoms with Crippen molar-refractivity contribution in [2.45, 2.75) is 33.1 Å². The van der Waals surface area contributed by atoms with Crippen LogP contribution in [-0.4, -0.2) is 14.1 Å². The number of pyridine rings is 1. The lowest BCUT2D eigenvalue weighted by molar-refractivity contribution is -0.571. The fourth-order valence-corrected chi connectivity index (χ4v) is 8.58. The number of aromatic nitrogens is 4. The van der Waals surface area contributed by atoms with Gasteiger partial charge in [-0.05, 0) is 105 Å².